The van der Waals surface area contributed by atoms with Gasteiger partial charge in [-0.05, 0) is 30.4 Å². The molecule has 1 saturated carbocycles. The van der Waals surface area contributed by atoms with Crippen molar-refractivity contribution in [2.75, 3.05) is 13.2 Å². The third-order valence-corrected chi connectivity index (χ3v) is 4.68. The molecule has 2 heterocycles. The molecule has 0 aromatic carbocycles. The highest BCUT2D eigenvalue weighted by molar-refractivity contribution is 7.13. The van der Waals surface area contributed by atoms with Crippen LogP contribution in [0.3, 0.4) is 0 Å². The molecule has 0 atom stereocenters. The normalized spacial score (nSPS) is 14.9. The quantitative estimate of drug-likeness (QED) is 0.832. The molecular formula is C16H19N3O2S. The van der Waals surface area contributed by atoms with Gasteiger partial charge in [0.1, 0.15) is 12.3 Å². The van der Waals surface area contributed by atoms with Gasteiger partial charge in [-0.25, -0.2) is 0 Å². The molecule has 22 heavy (non-hydrogen) atoms. The van der Waals surface area contributed by atoms with Crippen LogP contribution in [0.25, 0.3) is 10.6 Å². The van der Waals surface area contributed by atoms with Crippen molar-refractivity contribution in [1.29, 1.82) is 0 Å². The molecule has 1 fully saturated rings. The predicted molar refractivity (Wildman–Crippen MR) is 85.8 cm³/mol. The summed E-state index contributed by atoms with van der Waals surface area (Å²) in [6, 6.07) is 7.69. The smallest absolute Gasteiger partial charge is 0.233 e. The van der Waals surface area contributed by atoms with Crippen LogP contribution in [0, 0.1) is 5.92 Å². The Morgan fingerprint density at radius 1 is 1.27 bits per heavy atom. The summed E-state index contributed by atoms with van der Waals surface area (Å²) in [6.45, 7) is 0.912. The maximum absolute atomic E-state index is 11.8. The average molecular weight is 317 g/mol. The van der Waals surface area contributed by atoms with Crippen molar-refractivity contribution in [3.8, 4) is 16.5 Å². The largest absolute Gasteiger partial charge is 0.475 e. The first-order chi connectivity index (χ1) is 10.8. The molecule has 116 valence electrons. The van der Waals surface area contributed by atoms with Gasteiger partial charge in [0.25, 0.3) is 0 Å². The molecule has 0 spiro atoms. The number of thiophene rings is 1. The van der Waals surface area contributed by atoms with E-state index in [4.69, 9.17) is 4.74 Å². The number of nitrogens with zero attached hydrogens (tertiary/aromatic N) is 2. The van der Waals surface area contributed by atoms with Crippen LogP contribution in [0.4, 0.5) is 0 Å². The van der Waals surface area contributed by atoms with Crippen LogP contribution >= 0.6 is 11.3 Å². The van der Waals surface area contributed by atoms with Gasteiger partial charge in [-0.3, -0.25) is 4.79 Å². The van der Waals surface area contributed by atoms with Crippen molar-refractivity contribution in [3.63, 3.8) is 0 Å². The molecule has 1 aliphatic carbocycles. The van der Waals surface area contributed by atoms with Crippen molar-refractivity contribution in [2.45, 2.75) is 25.7 Å². The number of hydrogen-bond donors (Lipinski definition) is 1. The summed E-state index contributed by atoms with van der Waals surface area (Å²) in [5.41, 5.74) is 0.844. The van der Waals surface area contributed by atoms with Gasteiger partial charge >= 0.3 is 0 Å². The first kappa shape index (κ1) is 15.0. The Morgan fingerprint density at radius 2 is 2.14 bits per heavy atom. The molecule has 2 aromatic rings. The number of amides is 1. The lowest BCUT2D eigenvalue weighted by Crippen LogP contribution is -2.32. The molecule has 3 rings (SSSR count). The minimum atomic E-state index is 0.153. The maximum atomic E-state index is 11.8. The Kier molecular flexibility index (Phi) is 5.00. The number of rotatable bonds is 6. The Labute approximate surface area is 133 Å². The fourth-order valence-corrected chi connectivity index (χ4v) is 3.31. The fraction of sp³-hybridized carbons (Fsp3) is 0.438. The third-order valence-electron chi connectivity index (χ3n) is 3.79. The van der Waals surface area contributed by atoms with E-state index in [0.29, 0.717) is 19.0 Å². The summed E-state index contributed by atoms with van der Waals surface area (Å²) in [5, 5.41) is 13.1. The van der Waals surface area contributed by atoms with Crippen LogP contribution in [-0.2, 0) is 4.79 Å². The average Bonchev–Trinajstić information content (AvgIpc) is 3.25. The SMILES string of the molecule is O=C(NCCOc1ccc(-c2cccs2)nn1)C1CCCC1. The second-order valence-corrected chi connectivity index (χ2v) is 6.30. The number of carbonyl (C=O) groups is 1. The van der Waals surface area contributed by atoms with Crippen LogP contribution in [0.1, 0.15) is 25.7 Å². The van der Waals surface area contributed by atoms with Crippen LogP contribution in [-0.4, -0.2) is 29.3 Å². The van der Waals surface area contributed by atoms with E-state index in [1.165, 1.54) is 12.8 Å². The zero-order valence-electron chi connectivity index (χ0n) is 12.3. The lowest BCUT2D eigenvalue weighted by molar-refractivity contribution is -0.124. The molecule has 6 heteroatoms. The summed E-state index contributed by atoms with van der Waals surface area (Å²) in [5.74, 6) is 0.834. The van der Waals surface area contributed by atoms with E-state index in [9.17, 15) is 4.79 Å². The third kappa shape index (κ3) is 3.82. The summed E-state index contributed by atoms with van der Waals surface area (Å²) in [7, 11) is 0. The minimum Gasteiger partial charge on any atom is -0.475 e. The van der Waals surface area contributed by atoms with Crippen molar-refractivity contribution >= 4 is 17.2 Å². The second kappa shape index (κ2) is 7.35. The molecule has 0 aliphatic heterocycles. The van der Waals surface area contributed by atoms with E-state index in [-0.39, 0.29) is 11.8 Å². The van der Waals surface area contributed by atoms with E-state index in [0.717, 1.165) is 23.4 Å². The fourth-order valence-electron chi connectivity index (χ4n) is 2.61. The molecule has 0 saturated heterocycles. The molecular weight excluding hydrogens is 298 g/mol. The molecule has 0 bridgehead atoms. The van der Waals surface area contributed by atoms with Crippen LogP contribution in [0.5, 0.6) is 5.88 Å². The van der Waals surface area contributed by atoms with Gasteiger partial charge in [-0.1, -0.05) is 18.9 Å². The Hall–Kier alpha value is -1.95. The molecule has 0 radical (unpaired) electrons. The molecule has 1 N–H and O–H groups in total. The van der Waals surface area contributed by atoms with Crippen LogP contribution in [0.2, 0.25) is 0 Å². The Bertz CT molecular complexity index is 592. The Morgan fingerprint density at radius 3 is 2.82 bits per heavy atom. The molecule has 1 aliphatic rings. The van der Waals surface area contributed by atoms with Crippen molar-refractivity contribution in [1.82, 2.24) is 15.5 Å². The monoisotopic (exact) mass is 317 g/mol. The highest BCUT2D eigenvalue weighted by Gasteiger charge is 2.21. The molecule has 1 amide bonds. The summed E-state index contributed by atoms with van der Waals surface area (Å²) in [4.78, 5) is 12.9. The molecule has 5 nitrogen and oxygen atoms in total. The van der Waals surface area contributed by atoms with Gasteiger partial charge in [0.05, 0.1) is 11.4 Å². The van der Waals surface area contributed by atoms with Gasteiger partial charge in [0.2, 0.25) is 11.8 Å². The number of carbonyl (C=O) groups excluding carboxylic acids is 1. The van der Waals surface area contributed by atoms with Crippen LogP contribution < -0.4 is 10.1 Å². The molecule has 0 unspecified atom stereocenters. The maximum Gasteiger partial charge on any atom is 0.233 e. The van der Waals surface area contributed by atoms with Gasteiger partial charge in [-0.15, -0.1) is 21.5 Å². The van der Waals surface area contributed by atoms with Crippen molar-refractivity contribution in [3.05, 3.63) is 29.6 Å². The highest BCUT2D eigenvalue weighted by atomic mass is 32.1. The number of aromatic nitrogens is 2. The zero-order chi connectivity index (χ0) is 15.2. The standard InChI is InChI=1S/C16H19N3O2S/c20-16(12-4-1-2-5-12)17-9-10-21-15-8-7-13(18-19-15)14-6-3-11-22-14/h3,6-8,11-12H,1-2,4-5,9-10H2,(H,17,20). The van der Waals surface area contributed by atoms with E-state index in [1.807, 2.05) is 23.6 Å². The van der Waals surface area contributed by atoms with E-state index in [1.54, 1.807) is 17.4 Å². The lowest BCUT2D eigenvalue weighted by Gasteiger charge is -2.10. The van der Waals surface area contributed by atoms with Crippen molar-refractivity contribution in [2.24, 2.45) is 5.92 Å². The number of ether oxygens (including phenoxy) is 1. The minimum absolute atomic E-state index is 0.153. The number of hydrogen-bond acceptors (Lipinski definition) is 5. The van der Waals surface area contributed by atoms with Crippen molar-refractivity contribution < 1.29 is 9.53 Å². The van der Waals surface area contributed by atoms with Crippen LogP contribution in [0.15, 0.2) is 29.6 Å². The summed E-state index contributed by atoms with van der Waals surface area (Å²) >= 11 is 1.63. The van der Waals surface area contributed by atoms with Gasteiger partial charge in [-0.2, -0.15) is 0 Å². The van der Waals surface area contributed by atoms with Gasteiger partial charge in [0.15, 0.2) is 0 Å². The topological polar surface area (TPSA) is 64.1 Å². The molecule has 2 aromatic heterocycles. The number of nitrogens with one attached hydrogen (secondary N) is 1. The predicted octanol–water partition coefficient (Wildman–Crippen LogP) is 2.89. The summed E-state index contributed by atoms with van der Waals surface area (Å²) in [6.07, 6.45) is 4.37. The van der Waals surface area contributed by atoms with E-state index >= 15 is 0 Å². The van der Waals surface area contributed by atoms with Gasteiger partial charge < -0.3 is 10.1 Å². The lowest BCUT2D eigenvalue weighted by atomic mass is 10.1. The van der Waals surface area contributed by atoms with Gasteiger partial charge in [0, 0.05) is 12.0 Å². The zero-order valence-corrected chi connectivity index (χ0v) is 13.1. The van der Waals surface area contributed by atoms with E-state index in [2.05, 4.69) is 15.5 Å². The first-order valence-corrected chi connectivity index (χ1v) is 8.49. The Balaban J connectivity index is 1.41. The van der Waals surface area contributed by atoms with E-state index < -0.39 is 0 Å². The highest BCUT2D eigenvalue weighted by Crippen LogP contribution is 2.24. The summed E-state index contributed by atoms with van der Waals surface area (Å²) < 4.78 is 5.51. The second-order valence-electron chi connectivity index (χ2n) is 5.35. The first-order valence-electron chi connectivity index (χ1n) is 7.61.